The van der Waals surface area contributed by atoms with E-state index in [2.05, 4.69) is 16.1 Å². The summed E-state index contributed by atoms with van der Waals surface area (Å²) in [6.07, 6.45) is 5.19. The van der Waals surface area contributed by atoms with Crippen molar-refractivity contribution in [2.75, 3.05) is 0 Å². The molecule has 6 aromatic rings. The highest BCUT2D eigenvalue weighted by Gasteiger charge is 2.14. The van der Waals surface area contributed by atoms with Crippen molar-refractivity contribution in [3.05, 3.63) is 123 Å². The van der Waals surface area contributed by atoms with E-state index in [1.165, 1.54) is 22.2 Å². The van der Waals surface area contributed by atoms with Crippen LogP contribution in [0.1, 0.15) is 16.7 Å². The molecule has 3 aromatic carbocycles. The zero-order chi connectivity index (χ0) is 24.5. The first-order valence-electron chi connectivity index (χ1n) is 11.4. The molecular formula is C28H21N5O2S. The van der Waals surface area contributed by atoms with E-state index in [-0.39, 0.29) is 5.56 Å². The summed E-state index contributed by atoms with van der Waals surface area (Å²) in [7, 11) is 0. The third kappa shape index (κ3) is 4.18. The Morgan fingerprint density at radius 3 is 2.53 bits per heavy atom. The number of para-hydroxylation sites is 1. The number of aromatic nitrogens is 5. The molecule has 0 radical (unpaired) electrons. The molecule has 6 rings (SSSR count). The Bertz CT molecular complexity index is 1770. The van der Waals surface area contributed by atoms with Crippen molar-refractivity contribution in [2.45, 2.75) is 13.5 Å². The van der Waals surface area contributed by atoms with Crippen LogP contribution in [0.25, 0.3) is 28.0 Å². The molecule has 0 atom stereocenters. The summed E-state index contributed by atoms with van der Waals surface area (Å²) in [4.78, 5) is 17.5. The molecule has 176 valence electrons. The molecule has 0 bridgehead atoms. The normalized spacial score (nSPS) is 11.9. The largest absolute Gasteiger partial charge is 0.489 e. The van der Waals surface area contributed by atoms with Gasteiger partial charge in [0.05, 0.1) is 10.2 Å². The first-order valence-corrected chi connectivity index (χ1v) is 12.2. The SMILES string of the molecule is Cc1cc(-c2nn(-c3ccccc3)cc2C=c2sc3ncnn3c2=O)ccc1OCc1ccccc1. The van der Waals surface area contributed by atoms with Gasteiger partial charge in [-0.3, -0.25) is 4.79 Å². The topological polar surface area (TPSA) is 74.3 Å². The molecule has 0 aliphatic rings. The van der Waals surface area contributed by atoms with Crippen LogP contribution < -0.4 is 14.8 Å². The maximum atomic E-state index is 12.8. The lowest BCUT2D eigenvalue weighted by molar-refractivity contribution is 0.304. The van der Waals surface area contributed by atoms with Crippen molar-refractivity contribution in [2.24, 2.45) is 0 Å². The van der Waals surface area contributed by atoms with Crippen molar-refractivity contribution < 1.29 is 4.74 Å². The van der Waals surface area contributed by atoms with Crippen molar-refractivity contribution in [3.8, 4) is 22.7 Å². The van der Waals surface area contributed by atoms with Gasteiger partial charge in [-0.05, 0) is 54.5 Å². The molecule has 7 nitrogen and oxygen atoms in total. The summed E-state index contributed by atoms with van der Waals surface area (Å²) in [6, 6.07) is 26.0. The van der Waals surface area contributed by atoms with Gasteiger partial charge < -0.3 is 4.74 Å². The van der Waals surface area contributed by atoms with Gasteiger partial charge in [0.15, 0.2) is 0 Å². The van der Waals surface area contributed by atoms with Crippen LogP contribution in [0.3, 0.4) is 0 Å². The minimum Gasteiger partial charge on any atom is -0.489 e. The lowest BCUT2D eigenvalue weighted by Gasteiger charge is -2.10. The Balaban J connectivity index is 1.41. The van der Waals surface area contributed by atoms with E-state index in [0.29, 0.717) is 16.1 Å². The zero-order valence-electron chi connectivity index (χ0n) is 19.4. The lowest BCUT2D eigenvalue weighted by atomic mass is 10.0. The molecule has 8 heteroatoms. The molecule has 0 N–H and O–H groups in total. The Morgan fingerprint density at radius 1 is 1.00 bits per heavy atom. The molecule has 36 heavy (non-hydrogen) atoms. The number of ether oxygens (including phenoxy) is 1. The maximum Gasteiger partial charge on any atom is 0.291 e. The predicted molar refractivity (Wildman–Crippen MR) is 140 cm³/mol. The second kappa shape index (κ2) is 9.24. The summed E-state index contributed by atoms with van der Waals surface area (Å²) in [6.45, 7) is 2.53. The molecular weight excluding hydrogens is 470 g/mol. The van der Waals surface area contributed by atoms with E-state index in [0.717, 1.165) is 39.4 Å². The Morgan fingerprint density at radius 2 is 1.78 bits per heavy atom. The molecule has 3 aromatic heterocycles. The molecule has 0 saturated carbocycles. The number of hydrogen-bond donors (Lipinski definition) is 0. The van der Waals surface area contributed by atoms with E-state index in [4.69, 9.17) is 9.84 Å². The molecule has 3 heterocycles. The van der Waals surface area contributed by atoms with Gasteiger partial charge in [-0.1, -0.05) is 59.9 Å². The first-order chi connectivity index (χ1) is 17.7. The third-order valence-corrected chi connectivity index (χ3v) is 6.83. The minimum absolute atomic E-state index is 0.188. The molecule has 0 aliphatic carbocycles. The van der Waals surface area contributed by atoms with Crippen LogP contribution in [0.2, 0.25) is 0 Å². The summed E-state index contributed by atoms with van der Waals surface area (Å²) in [5, 5.41) is 8.91. The minimum atomic E-state index is -0.188. The zero-order valence-corrected chi connectivity index (χ0v) is 20.2. The van der Waals surface area contributed by atoms with Gasteiger partial charge in [-0.2, -0.15) is 14.7 Å². The summed E-state index contributed by atoms with van der Waals surface area (Å²) in [5.74, 6) is 0.822. The van der Waals surface area contributed by atoms with E-state index < -0.39 is 0 Å². The molecule has 0 aliphatic heterocycles. The Labute approximate surface area is 210 Å². The van der Waals surface area contributed by atoms with Crippen LogP contribution in [-0.4, -0.2) is 24.4 Å². The Hall–Kier alpha value is -4.56. The smallest absolute Gasteiger partial charge is 0.291 e. The lowest BCUT2D eigenvalue weighted by Crippen LogP contribution is -2.23. The van der Waals surface area contributed by atoms with Gasteiger partial charge in [0.25, 0.3) is 5.56 Å². The Kier molecular flexibility index (Phi) is 5.63. The number of benzene rings is 3. The number of rotatable bonds is 6. The van der Waals surface area contributed by atoms with Crippen molar-refractivity contribution in [3.63, 3.8) is 0 Å². The summed E-state index contributed by atoms with van der Waals surface area (Å²) < 4.78 is 9.77. The molecule has 0 spiro atoms. The van der Waals surface area contributed by atoms with Crippen LogP contribution in [0.4, 0.5) is 0 Å². The second-order valence-corrected chi connectivity index (χ2v) is 9.35. The fourth-order valence-corrected chi connectivity index (χ4v) is 4.92. The monoisotopic (exact) mass is 491 g/mol. The number of nitrogens with zero attached hydrogens (tertiary/aromatic N) is 5. The number of hydrogen-bond acceptors (Lipinski definition) is 6. The summed E-state index contributed by atoms with van der Waals surface area (Å²) in [5.41, 5.74) is 5.41. The third-order valence-electron chi connectivity index (χ3n) is 5.86. The highest BCUT2D eigenvalue weighted by atomic mass is 32.1. The average Bonchev–Trinajstić information content (AvgIpc) is 3.62. The highest BCUT2D eigenvalue weighted by molar-refractivity contribution is 7.15. The predicted octanol–water partition coefficient (Wildman–Crippen LogP) is 4.44. The van der Waals surface area contributed by atoms with Gasteiger partial charge in [0, 0.05) is 17.3 Å². The standard InChI is InChI=1S/C28H21N5O2S/c1-19-14-21(12-13-24(19)35-17-20-8-4-2-5-9-20)26-22(16-32(31-26)23-10-6-3-7-11-23)15-25-27(34)33-28(36-25)29-18-30-33/h2-16,18H,17H2,1H3. The van der Waals surface area contributed by atoms with Crippen LogP contribution in [0.5, 0.6) is 5.75 Å². The second-order valence-electron chi connectivity index (χ2n) is 8.34. The number of thiazole rings is 1. The first kappa shape index (κ1) is 21.9. The molecule has 0 saturated heterocycles. The van der Waals surface area contributed by atoms with E-state index in [1.807, 2.05) is 96.7 Å². The molecule has 0 unspecified atom stereocenters. The van der Waals surface area contributed by atoms with Crippen LogP contribution in [0, 0.1) is 6.92 Å². The van der Waals surface area contributed by atoms with Gasteiger partial charge in [-0.25, -0.2) is 9.67 Å². The van der Waals surface area contributed by atoms with Crippen molar-refractivity contribution in [1.82, 2.24) is 24.4 Å². The quantitative estimate of drug-likeness (QED) is 0.344. The van der Waals surface area contributed by atoms with Crippen molar-refractivity contribution in [1.29, 1.82) is 0 Å². The van der Waals surface area contributed by atoms with Crippen LogP contribution in [-0.2, 0) is 6.61 Å². The number of aryl methyl sites for hydroxylation is 1. The van der Waals surface area contributed by atoms with Gasteiger partial charge >= 0.3 is 0 Å². The average molecular weight is 492 g/mol. The van der Waals surface area contributed by atoms with Crippen LogP contribution >= 0.6 is 11.3 Å². The van der Waals surface area contributed by atoms with Crippen molar-refractivity contribution >= 4 is 22.4 Å². The van der Waals surface area contributed by atoms with E-state index >= 15 is 0 Å². The molecule has 0 fully saturated rings. The summed E-state index contributed by atoms with van der Waals surface area (Å²) >= 11 is 1.31. The van der Waals surface area contributed by atoms with Gasteiger partial charge in [-0.15, -0.1) is 0 Å². The fourth-order valence-electron chi connectivity index (χ4n) is 4.04. The van der Waals surface area contributed by atoms with Gasteiger partial charge in [0.1, 0.15) is 24.4 Å². The maximum absolute atomic E-state index is 12.8. The highest BCUT2D eigenvalue weighted by Crippen LogP contribution is 2.29. The van der Waals surface area contributed by atoms with E-state index in [1.54, 1.807) is 0 Å². The number of fused-ring (bicyclic) bond motifs is 1. The van der Waals surface area contributed by atoms with Crippen LogP contribution in [0.15, 0.2) is 96.2 Å². The molecule has 0 amide bonds. The van der Waals surface area contributed by atoms with E-state index in [9.17, 15) is 4.79 Å². The fraction of sp³-hybridized carbons (Fsp3) is 0.0714. The van der Waals surface area contributed by atoms with Gasteiger partial charge in [0.2, 0.25) is 4.96 Å².